The number of rotatable bonds is 1. The van der Waals surface area contributed by atoms with E-state index in [-0.39, 0.29) is 11.5 Å². The van der Waals surface area contributed by atoms with Crippen molar-refractivity contribution >= 4 is 0 Å². The van der Waals surface area contributed by atoms with E-state index in [1.54, 1.807) is 6.20 Å². The van der Waals surface area contributed by atoms with Crippen LogP contribution in [0.25, 0.3) is 0 Å². The van der Waals surface area contributed by atoms with E-state index in [1.165, 1.54) is 5.56 Å². The van der Waals surface area contributed by atoms with E-state index >= 15 is 0 Å². The third-order valence-electron chi connectivity index (χ3n) is 3.30. The molecule has 2 heteroatoms. The van der Waals surface area contributed by atoms with Gasteiger partial charge in [0.15, 0.2) is 0 Å². The number of aliphatic hydroxyl groups is 1. The molecule has 0 aliphatic heterocycles. The maximum atomic E-state index is 9.59. The Labute approximate surface area is 78.6 Å². The second-order valence-corrected chi connectivity index (χ2v) is 4.41. The van der Waals surface area contributed by atoms with E-state index < -0.39 is 0 Å². The molecule has 0 amide bonds. The summed E-state index contributed by atoms with van der Waals surface area (Å²) in [6.45, 7) is 4.22. The van der Waals surface area contributed by atoms with E-state index in [2.05, 4.69) is 24.9 Å². The fraction of sp³-hybridized carbons (Fsp3) is 0.545. The number of nitrogens with zero attached hydrogens (tertiary/aromatic N) is 1. The van der Waals surface area contributed by atoms with Crippen LogP contribution in [0.4, 0.5) is 0 Å². The van der Waals surface area contributed by atoms with E-state index in [1.807, 2.05) is 12.3 Å². The quantitative estimate of drug-likeness (QED) is 0.711. The summed E-state index contributed by atoms with van der Waals surface area (Å²) in [4.78, 5) is 4.10. The minimum atomic E-state index is -0.155. The number of aromatic nitrogens is 1. The van der Waals surface area contributed by atoms with Gasteiger partial charge < -0.3 is 5.11 Å². The summed E-state index contributed by atoms with van der Waals surface area (Å²) in [5, 5.41) is 9.59. The van der Waals surface area contributed by atoms with Gasteiger partial charge in [-0.15, -0.1) is 0 Å². The Kier molecular flexibility index (Phi) is 1.88. The Morgan fingerprint density at radius 2 is 2.31 bits per heavy atom. The van der Waals surface area contributed by atoms with E-state index in [4.69, 9.17) is 0 Å². The molecule has 2 unspecified atom stereocenters. The monoisotopic (exact) mass is 177 g/mol. The molecule has 1 N–H and O–H groups in total. The molecule has 1 aromatic heterocycles. The molecule has 1 aliphatic carbocycles. The van der Waals surface area contributed by atoms with Crippen molar-refractivity contribution in [2.24, 2.45) is 5.41 Å². The lowest BCUT2D eigenvalue weighted by atomic mass is 9.58. The molecule has 0 spiro atoms. The predicted molar refractivity (Wildman–Crippen MR) is 51.4 cm³/mol. The van der Waals surface area contributed by atoms with Crippen molar-refractivity contribution in [2.75, 3.05) is 0 Å². The van der Waals surface area contributed by atoms with Crippen molar-refractivity contribution in [2.45, 2.75) is 32.3 Å². The van der Waals surface area contributed by atoms with Crippen LogP contribution in [0.5, 0.6) is 0 Å². The van der Waals surface area contributed by atoms with Crippen molar-refractivity contribution < 1.29 is 5.11 Å². The van der Waals surface area contributed by atoms with Gasteiger partial charge in [0.25, 0.3) is 0 Å². The molecule has 70 valence electrons. The molecule has 0 radical (unpaired) electrons. The van der Waals surface area contributed by atoms with Crippen LogP contribution in [0.3, 0.4) is 0 Å². The molecule has 1 aromatic rings. The van der Waals surface area contributed by atoms with Gasteiger partial charge in [-0.25, -0.2) is 0 Å². The van der Waals surface area contributed by atoms with Gasteiger partial charge in [-0.2, -0.15) is 0 Å². The summed E-state index contributed by atoms with van der Waals surface area (Å²) < 4.78 is 0. The molecule has 0 saturated heterocycles. The van der Waals surface area contributed by atoms with Crippen molar-refractivity contribution in [3.8, 4) is 0 Å². The summed E-state index contributed by atoms with van der Waals surface area (Å²) in [6, 6.07) is 4.04. The van der Waals surface area contributed by atoms with Gasteiger partial charge in [0.2, 0.25) is 0 Å². The van der Waals surface area contributed by atoms with Crippen LogP contribution in [0.1, 0.15) is 31.7 Å². The maximum Gasteiger partial charge on any atom is 0.0603 e. The summed E-state index contributed by atoms with van der Waals surface area (Å²) in [7, 11) is 0. The molecule has 2 nitrogen and oxygen atoms in total. The van der Waals surface area contributed by atoms with Gasteiger partial charge >= 0.3 is 0 Å². The first-order chi connectivity index (χ1) is 6.12. The van der Waals surface area contributed by atoms with Crippen LogP contribution in [0.2, 0.25) is 0 Å². The summed E-state index contributed by atoms with van der Waals surface area (Å²) in [5.74, 6) is 0.469. The SMILES string of the molecule is CC1(C)C(O)CC1c1cccnc1. The lowest BCUT2D eigenvalue weighted by Crippen LogP contribution is -2.47. The Morgan fingerprint density at radius 3 is 2.77 bits per heavy atom. The second kappa shape index (κ2) is 2.81. The Balaban J connectivity index is 2.22. The van der Waals surface area contributed by atoms with E-state index in [0.717, 1.165) is 6.42 Å². The predicted octanol–water partition coefficient (Wildman–Crippen LogP) is 1.96. The summed E-state index contributed by atoms with van der Waals surface area (Å²) in [6.07, 6.45) is 4.40. The van der Waals surface area contributed by atoms with Gasteiger partial charge in [0, 0.05) is 12.4 Å². The number of hydrogen-bond donors (Lipinski definition) is 1. The van der Waals surface area contributed by atoms with E-state index in [9.17, 15) is 5.11 Å². The van der Waals surface area contributed by atoms with Crippen LogP contribution in [0.15, 0.2) is 24.5 Å². The first-order valence-electron chi connectivity index (χ1n) is 4.70. The smallest absolute Gasteiger partial charge is 0.0603 e. The largest absolute Gasteiger partial charge is 0.393 e. The van der Waals surface area contributed by atoms with Crippen molar-refractivity contribution in [3.63, 3.8) is 0 Å². The highest BCUT2D eigenvalue weighted by Gasteiger charge is 2.47. The normalized spacial score (nSPS) is 31.0. The molecule has 0 aromatic carbocycles. The molecule has 1 aliphatic rings. The highest BCUT2D eigenvalue weighted by Crippen LogP contribution is 2.52. The molecular weight excluding hydrogens is 162 g/mol. The third kappa shape index (κ3) is 1.25. The highest BCUT2D eigenvalue weighted by molar-refractivity contribution is 5.23. The minimum absolute atomic E-state index is 0.0169. The van der Waals surface area contributed by atoms with Crippen LogP contribution >= 0.6 is 0 Å². The third-order valence-corrected chi connectivity index (χ3v) is 3.30. The summed E-state index contributed by atoms with van der Waals surface area (Å²) >= 11 is 0. The van der Waals surface area contributed by atoms with Gasteiger partial charge in [-0.1, -0.05) is 19.9 Å². The fourth-order valence-corrected chi connectivity index (χ4v) is 2.05. The number of hydrogen-bond acceptors (Lipinski definition) is 2. The van der Waals surface area contributed by atoms with Crippen molar-refractivity contribution in [1.29, 1.82) is 0 Å². The van der Waals surface area contributed by atoms with Crippen molar-refractivity contribution in [3.05, 3.63) is 30.1 Å². The number of aliphatic hydroxyl groups excluding tert-OH is 1. The first kappa shape index (κ1) is 8.70. The molecule has 2 atom stereocenters. The summed E-state index contributed by atoms with van der Waals surface area (Å²) in [5.41, 5.74) is 1.26. The van der Waals surface area contributed by atoms with E-state index in [0.29, 0.717) is 5.92 Å². The first-order valence-corrected chi connectivity index (χ1v) is 4.70. The van der Waals surface area contributed by atoms with Gasteiger partial charge in [0.05, 0.1) is 6.10 Å². The Bertz CT molecular complexity index is 294. The second-order valence-electron chi connectivity index (χ2n) is 4.41. The van der Waals surface area contributed by atoms with Crippen LogP contribution in [-0.2, 0) is 0 Å². The average Bonchev–Trinajstić information content (AvgIpc) is 2.15. The zero-order chi connectivity index (χ0) is 9.47. The Morgan fingerprint density at radius 1 is 1.54 bits per heavy atom. The average molecular weight is 177 g/mol. The van der Waals surface area contributed by atoms with Crippen molar-refractivity contribution in [1.82, 2.24) is 4.98 Å². The fourth-order valence-electron chi connectivity index (χ4n) is 2.05. The zero-order valence-corrected chi connectivity index (χ0v) is 8.07. The lowest BCUT2D eigenvalue weighted by Gasteiger charge is -2.49. The van der Waals surface area contributed by atoms with Crippen LogP contribution in [-0.4, -0.2) is 16.2 Å². The van der Waals surface area contributed by atoms with Crippen LogP contribution in [0, 0.1) is 5.41 Å². The standard InChI is InChI=1S/C11H15NO/c1-11(2)9(6-10(11)13)8-4-3-5-12-7-8/h3-5,7,9-10,13H,6H2,1-2H3. The molecule has 2 rings (SSSR count). The molecule has 1 heterocycles. The topological polar surface area (TPSA) is 33.1 Å². The molecule has 1 saturated carbocycles. The minimum Gasteiger partial charge on any atom is -0.393 e. The van der Waals surface area contributed by atoms with Gasteiger partial charge in [-0.05, 0) is 29.4 Å². The van der Waals surface area contributed by atoms with Gasteiger partial charge in [-0.3, -0.25) is 4.98 Å². The molecule has 0 bridgehead atoms. The zero-order valence-electron chi connectivity index (χ0n) is 8.07. The number of pyridine rings is 1. The maximum absolute atomic E-state index is 9.59. The lowest BCUT2D eigenvalue weighted by molar-refractivity contribution is -0.0626. The van der Waals surface area contributed by atoms with Crippen LogP contribution < -0.4 is 0 Å². The molecular formula is C11H15NO. The molecule has 1 fully saturated rings. The van der Waals surface area contributed by atoms with Gasteiger partial charge in [0.1, 0.15) is 0 Å². The highest BCUT2D eigenvalue weighted by atomic mass is 16.3. The Hall–Kier alpha value is -0.890. The molecule has 13 heavy (non-hydrogen) atoms.